The van der Waals surface area contributed by atoms with Crippen LogP contribution in [0.1, 0.15) is 37.7 Å². The third-order valence-corrected chi connectivity index (χ3v) is 5.02. The van der Waals surface area contributed by atoms with Gasteiger partial charge in [-0.05, 0) is 37.1 Å². The van der Waals surface area contributed by atoms with E-state index in [9.17, 15) is 4.79 Å². The number of benzene rings is 1. The number of hydrogen-bond donors (Lipinski definition) is 2. The van der Waals surface area contributed by atoms with E-state index in [1.54, 1.807) is 0 Å². The second kappa shape index (κ2) is 10.7. The van der Waals surface area contributed by atoms with E-state index in [1.807, 2.05) is 23.9 Å². The van der Waals surface area contributed by atoms with Crippen LogP contribution in [0.2, 0.25) is 0 Å². The Morgan fingerprint density at radius 3 is 2.74 bits per heavy atom. The van der Waals surface area contributed by atoms with Gasteiger partial charge in [-0.1, -0.05) is 25.0 Å². The number of unbranched alkanes of at least 4 members (excludes halogenated alkanes) is 3. The lowest BCUT2D eigenvalue weighted by atomic mass is 10.1. The summed E-state index contributed by atoms with van der Waals surface area (Å²) in [5.74, 6) is 2.56. The number of carbonyl (C=O) groups is 1. The standard InChI is InChI=1S/C18H29N3OS/c19-9-4-2-1-3-8-18(22)20-17-7-5-6-16(14-17)15-21-10-12-23-13-11-21/h5-7,14H,1-4,8-13,15,19H2,(H,20,22). The van der Waals surface area contributed by atoms with Crippen molar-refractivity contribution in [2.45, 2.75) is 38.6 Å². The SMILES string of the molecule is NCCCCCCC(=O)Nc1cccc(CN2CCSCC2)c1. The molecule has 1 fully saturated rings. The highest BCUT2D eigenvalue weighted by molar-refractivity contribution is 7.99. The van der Waals surface area contributed by atoms with Gasteiger partial charge in [0, 0.05) is 43.2 Å². The van der Waals surface area contributed by atoms with E-state index >= 15 is 0 Å². The number of amides is 1. The van der Waals surface area contributed by atoms with Crippen molar-refractivity contribution in [3.05, 3.63) is 29.8 Å². The van der Waals surface area contributed by atoms with Crippen LogP contribution in [0.4, 0.5) is 5.69 Å². The molecular formula is C18H29N3OS. The molecule has 1 aliphatic heterocycles. The molecule has 5 heteroatoms. The zero-order valence-electron chi connectivity index (χ0n) is 13.9. The summed E-state index contributed by atoms with van der Waals surface area (Å²) in [6, 6.07) is 8.26. The van der Waals surface area contributed by atoms with Crippen molar-refractivity contribution in [3.8, 4) is 0 Å². The van der Waals surface area contributed by atoms with Crippen LogP contribution in [-0.4, -0.2) is 41.9 Å². The van der Waals surface area contributed by atoms with Crippen LogP contribution in [0.3, 0.4) is 0 Å². The third-order valence-electron chi connectivity index (χ3n) is 4.08. The molecule has 0 saturated carbocycles. The highest BCUT2D eigenvalue weighted by atomic mass is 32.2. The summed E-state index contributed by atoms with van der Waals surface area (Å²) in [5.41, 5.74) is 7.66. The van der Waals surface area contributed by atoms with Crippen molar-refractivity contribution >= 4 is 23.4 Å². The molecule has 1 aromatic rings. The minimum atomic E-state index is 0.115. The van der Waals surface area contributed by atoms with E-state index in [4.69, 9.17) is 5.73 Å². The number of nitrogens with zero attached hydrogens (tertiary/aromatic N) is 1. The molecule has 1 amide bonds. The smallest absolute Gasteiger partial charge is 0.224 e. The number of anilines is 1. The highest BCUT2D eigenvalue weighted by Crippen LogP contribution is 2.16. The summed E-state index contributed by atoms with van der Waals surface area (Å²) in [7, 11) is 0. The summed E-state index contributed by atoms with van der Waals surface area (Å²) in [4.78, 5) is 14.5. The van der Waals surface area contributed by atoms with Crippen LogP contribution in [0.5, 0.6) is 0 Å². The van der Waals surface area contributed by atoms with E-state index < -0.39 is 0 Å². The fraction of sp³-hybridized carbons (Fsp3) is 0.611. The second-order valence-corrected chi connectivity index (χ2v) is 7.31. The van der Waals surface area contributed by atoms with Gasteiger partial charge in [0.1, 0.15) is 0 Å². The first kappa shape index (κ1) is 18.3. The van der Waals surface area contributed by atoms with Crippen molar-refractivity contribution in [2.24, 2.45) is 5.73 Å². The molecule has 1 aromatic carbocycles. The van der Waals surface area contributed by atoms with Gasteiger partial charge < -0.3 is 11.1 Å². The van der Waals surface area contributed by atoms with Gasteiger partial charge in [-0.15, -0.1) is 0 Å². The molecule has 1 heterocycles. The minimum absolute atomic E-state index is 0.115. The first-order valence-electron chi connectivity index (χ1n) is 8.67. The molecule has 0 unspecified atom stereocenters. The van der Waals surface area contributed by atoms with Crippen molar-refractivity contribution in [1.82, 2.24) is 4.90 Å². The van der Waals surface area contributed by atoms with Gasteiger partial charge in [0.2, 0.25) is 5.91 Å². The Bertz CT molecular complexity index is 475. The Labute approximate surface area is 144 Å². The summed E-state index contributed by atoms with van der Waals surface area (Å²) >= 11 is 2.03. The maximum absolute atomic E-state index is 12.0. The Morgan fingerprint density at radius 1 is 1.17 bits per heavy atom. The zero-order chi connectivity index (χ0) is 16.3. The predicted octanol–water partition coefficient (Wildman–Crippen LogP) is 3.08. The zero-order valence-corrected chi connectivity index (χ0v) is 14.7. The molecule has 0 spiro atoms. The van der Waals surface area contributed by atoms with Gasteiger partial charge in [-0.3, -0.25) is 9.69 Å². The van der Waals surface area contributed by atoms with Crippen molar-refractivity contribution in [3.63, 3.8) is 0 Å². The van der Waals surface area contributed by atoms with Crippen molar-refractivity contribution < 1.29 is 4.79 Å². The lowest BCUT2D eigenvalue weighted by Crippen LogP contribution is -2.31. The number of carbonyl (C=O) groups excluding carboxylic acids is 1. The van der Waals surface area contributed by atoms with Crippen LogP contribution < -0.4 is 11.1 Å². The highest BCUT2D eigenvalue weighted by Gasteiger charge is 2.11. The molecule has 0 radical (unpaired) electrons. The predicted molar refractivity (Wildman–Crippen MR) is 99.8 cm³/mol. The van der Waals surface area contributed by atoms with Gasteiger partial charge in [0.15, 0.2) is 0 Å². The Balaban J connectivity index is 1.74. The van der Waals surface area contributed by atoms with Gasteiger partial charge in [-0.25, -0.2) is 0 Å². The molecule has 4 nitrogen and oxygen atoms in total. The van der Waals surface area contributed by atoms with E-state index in [2.05, 4.69) is 22.3 Å². The summed E-state index contributed by atoms with van der Waals surface area (Å²) in [5, 5.41) is 3.02. The largest absolute Gasteiger partial charge is 0.330 e. The van der Waals surface area contributed by atoms with Crippen LogP contribution in [-0.2, 0) is 11.3 Å². The molecule has 1 saturated heterocycles. The van der Waals surface area contributed by atoms with Crippen LogP contribution >= 0.6 is 11.8 Å². The first-order valence-corrected chi connectivity index (χ1v) is 9.82. The van der Waals surface area contributed by atoms with Crippen LogP contribution in [0.15, 0.2) is 24.3 Å². The summed E-state index contributed by atoms with van der Waals surface area (Å²) in [6.45, 7) is 4.03. The van der Waals surface area contributed by atoms with Gasteiger partial charge >= 0.3 is 0 Å². The molecule has 0 aliphatic carbocycles. The number of rotatable bonds is 9. The number of nitrogens with two attached hydrogens (primary N) is 1. The maximum Gasteiger partial charge on any atom is 0.224 e. The number of hydrogen-bond acceptors (Lipinski definition) is 4. The molecule has 0 bridgehead atoms. The van der Waals surface area contributed by atoms with E-state index in [0.717, 1.165) is 57.5 Å². The van der Waals surface area contributed by atoms with E-state index in [-0.39, 0.29) is 5.91 Å². The molecule has 0 atom stereocenters. The molecule has 0 aromatic heterocycles. The second-order valence-electron chi connectivity index (χ2n) is 6.09. The molecule has 1 aliphatic rings. The fourth-order valence-corrected chi connectivity index (χ4v) is 3.75. The van der Waals surface area contributed by atoms with E-state index in [0.29, 0.717) is 6.42 Å². The molecule has 2 rings (SSSR count). The summed E-state index contributed by atoms with van der Waals surface area (Å²) in [6.07, 6.45) is 4.79. The number of nitrogens with one attached hydrogen (secondary N) is 1. The average Bonchev–Trinajstić information content (AvgIpc) is 2.56. The summed E-state index contributed by atoms with van der Waals surface area (Å²) < 4.78 is 0. The van der Waals surface area contributed by atoms with Gasteiger partial charge in [0.25, 0.3) is 0 Å². The van der Waals surface area contributed by atoms with E-state index in [1.165, 1.54) is 17.1 Å². The molecular weight excluding hydrogens is 306 g/mol. The topological polar surface area (TPSA) is 58.4 Å². The van der Waals surface area contributed by atoms with Crippen molar-refractivity contribution in [2.75, 3.05) is 36.5 Å². The van der Waals surface area contributed by atoms with Gasteiger partial charge in [-0.2, -0.15) is 11.8 Å². The van der Waals surface area contributed by atoms with Crippen LogP contribution in [0.25, 0.3) is 0 Å². The van der Waals surface area contributed by atoms with Crippen LogP contribution in [0, 0.1) is 0 Å². The molecule has 3 N–H and O–H groups in total. The Kier molecular flexibility index (Phi) is 8.50. The van der Waals surface area contributed by atoms with Crippen molar-refractivity contribution in [1.29, 1.82) is 0 Å². The first-order chi connectivity index (χ1) is 11.3. The quantitative estimate of drug-likeness (QED) is 0.681. The lowest BCUT2D eigenvalue weighted by molar-refractivity contribution is -0.116. The normalized spacial score (nSPS) is 15.5. The average molecular weight is 336 g/mol. The van der Waals surface area contributed by atoms with Gasteiger partial charge in [0.05, 0.1) is 0 Å². The minimum Gasteiger partial charge on any atom is -0.330 e. The monoisotopic (exact) mass is 335 g/mol. The fourth-order valence-electron chi connectivity index (χ4n) is 2.77. The maximum atomic E-state index is 12.0. The Morgan fingerprint density at radius 2 is 1.96 bits per heavy atom. The molecule has 23 heavy (non-hydrogen) atoms. The number of thioether (sulfide) groups is 1. The Hall–Kier alpha value is -1.04. The lowest BCUT2D eigenvalue weighted by Gasteiger charge is -2.26. The molecule has 128 valence electrons. The third kappa shape index (κ3) is 7.38.